The molecule has 0 unspecified atom stereocenters. The van der Waals surface area contributed by atoms with E-state index in [2.05, 4.69) is 26.0 Å². The summed E-state index contributed by atoms with van der Waals surface area (Å²) >= 11 is 3.51. The van der Waals surface area contributed by atoms with Gasteiger partial charge in [0.05, 0.1) is 23.7 Å². The Kier molecular flexibility index (Phi) is 6.71. The quantitative estimate of drug-likeness (QED) is 0.318. The van der Waals surface area contributed by atoms with Crippen molar-refractivity contribution in [3.05, 3.63) is 105 Å². The molecule has 0 saturated heterocycles. The van der Waals surface area contributed by atoms with E-state index in [4.69, 9.17) is 5.11 Å². The minimum atomic E-state index is -1.11. The topological polar surface area (TPSA) is 103 Å². The van der Waals surface area contributed by atoms with E-state index in [0.29, 0.717) is 27.9 Å². The van der Waals surface area contributed by atoms with Gasteiger partial charge in [-0.05, 0) is 41.5 Å². The van der Waals surface area contributed by atoms with E-state index in [-0.39, 0.29) is 24.8 Å². The number of pyridine rings is 1. The van der Waals surface area contributed by atoms with Gasteiger partial charge in [0.2, 0.25) is 5.91 Å². The average molecular weight is 562 g/mol. The number of aromatic nitrogens is 1. The van der Waals surface area contributed by atoms with Gasteiger partial charge in [-0.1, -0.05) is 58.4 Å². The van der Waals surface area contributed by atoms with Crippen LogP contribution in [0.15, 0.2) is 87.2 Å². The van der Waals surface area contributed by atoms with Crippen molar-refractivity contribution >= 4 is 44.4 Å². The number of carbonyl (C=O) groups excluding carboxylic acids is 1. The fraction of sp³-hybridized carbons (Fsp3) is 0.143. The van der Waals surface area contributed by atoms with Gasteiger partial charge in [0.1, 0.15) is 5.82 Å². The molecule has 7 nitrogen and oxygen atoms in total. The predicted molar refractivity (Wildman–Crippen MR) is 142 cm³/mol. The van der Waals surface area contributed by atoms with Crippen molar-refractivity contribution in [1.29, 1.82) is 0 Å². The summed E-state index contributed by atoms with van der Waals surface area (Å²) < 4.78 is 14.9. The van der Waals surface area contributed by atoms with Gasteiger partial charge in [0.25, 0.3) is 5.56 Å². The Balaban J connectivity index is 1.70. The summed E-state index contributed by atoms with van der Waals surface area (Å²) in [5.41, 5.74) is 2.91. The summed E-state index contributed by atoms with van der Waals surface area (Å²) in [7, 11) is 0. The van der Waals surface area contributed by atoms with Gasteiger partial charge in [-0.15, -0.1) is 0 Å². The molecule has 37 heavy (non-hydrogen) atoms. The zero-order valence-corrected chi connectivity index (χ0v) is 21.0. The average Bonchev–Trinajstić information content (AvgIpc) is 3.32. The number of rotatable bonds is 6. The van der Waals surface area contributed by atoms with Crippen LogP contribution in [0.1, 0.15) is 36.4 Å². The molecule has 1 atom stereocenters. The highest BCUT2D eigenvalue weighted by Gasteiger charge is 2.35. The number of aromatic amines is 1. The first kappa shape index (κ1) is 24.6. The van der Waals surface area contributed by atoms with Crippen molar-refractivity contribution in [2.45, 2.75) is 25.3 Å². The van der Waals surface area contributed by atoms with Gasteiger partial charge >= 0.3 is 5.97 Å². The molecule has 2 N–H and O–H groups in total. The summed E-state index contributed by atoms with van der Waals surface area (Å²) in [6.45, 7) is 0. The molecule has 0 radical (unpaired) electrons. The van der Waals surface area contributed by atoms with Crippen molar-refractivity contribution in [3.8, 4) is 11.1 Å². The van der Waals surface area contributed by atoms with E-state index < -0.39 is 23.7 Å². The highest BCUT2D eigenvalue weighted by atomic mass is 79.9. The molecular formula is C28H21BrFN3O4. The number of H-pyrrole nitrogens is 1. The first-order valence-electron chi connectivity index (χ1n) is 11.6. The van der Waals surface area contributed by atoms with Crippen LogP contribution >= 0.6 is 15.9 Å². The van der Waals surface area contributed by atoms with E-state index in [9.17, 15) is 18.8 Å². The highest BCUT2D eigenvalue weighted by molar-refractivity contribution is 9.10. The maximum absolute atomic E-state index is 14.1. The summed E-state index contributed by atoms with van der Waals surface area (Å²) in [5, 5.41) is 15.6. The Bertz CT molecular complexity index is 1620. The van der Waals surface area contributed by atoms with E-state index in [0.717, 1.165) is 15.4 Å². The molecule has 1 amide bonds. The van der Waals surface area contributed by atoms with Crippen LogP contribution in [0.2, 0.25) is 0 Å². The molecule has 0 fully saturated rings. The first-order valence-corrected chi connectivity index (χ1v) is 12.4. The molecule has 1 aliphatic rings. The monoisotopic (exact) mass is 561 g/mol. The number of amides is 1. The predicted octanol–water partition coefficient (Wildman–Crippen LogP) is 5.64. The number of nitrogens with one attached hydrogen (secondary N) is 1. The lowest BCUT2D eigenvalue weighted by Crippen LogP contribution is -2.27. The van der Waals surface area contributed by atoms with Crippen molar-refractivity contribution in [3.63, 3.8) is 0 Å². The fourth-order valence-corrected chi connectivity index (χ4v) is 5.00. The lowest BCUT2D eigenvalue weighted by Gasteiger charge is -2.22. The molecule has 3 aromatic carbocycles. The Morgan fingerprint density at radius 1 is 1.03 bits per heavy atom. The maximum atomic E-state index is 14.1. The molecule has 4 aromatic rings. The second-order valence-corrected chi connectivity index (χ2v) is 9.63. The van der Waals surface area contributed by atoms with Gasteiger partial charge < -0.3 is 10.1 Å². The molecule has 0 bridgehead atoms. The second-order valence-electron chi connectivity index (χ2n) is 8.71. The Hall–Kier alpha value is -4.11. The number of benzene rings is 3. The van der Waals surface area contributed by atoms with Crippen LogP contribution in [0.4, 0.5) is 4.39 Å². The smallest absolute Gasteiger partial charge is 0.303 e. The van der Waals surface area contributed by atoms with E-state index in [1.807, 2.05) is 48.5 Å². The van der Waals surface area contributed by atoms with Gasteiger partial charge in [0.15, 0.2) is 0 Å². The third kappa shape index (κ3) is 4.95. The summed E-state index contributed by atoms with van der Waals surface area (Å²) in [6, 6.07) is 20.1. The number of carboxylic acids is 1. The van der Waals surface area contributed by atoms with E-state index >= 15 is 0 Å². The molecule has 0 aliphatic carbocycles. The van der Waals surface area contributed by atoms with Crippen molar-refractivity contribution < 1.29 is 19.1 Å². The van der Waals surface area contributed by atoms with Crippen LogP contribution in [0, 0.1) is 5.82 Å². The van der Waals surface area contributed by atoms with Gasteiger partial charge in [-0.2, -0.15) is 5.10 Å². The molecule has 0 spiro atoms. The van der Waals surface area contributed by atoms with Crippen molar-refractivity contribution in [1.82, 2.24) is 9.99 Å². The maximum Gasteiger partial charge on any atom is 0.303 e. The number of fused-ring (bicyclic) bond motifs is 1. The van der Waals surface area contributed by atoms with Gasteiger partial charge in [-0.3, -0.25) is 14.4 Å². The van der Waals surface area contributed by atoms with Crippen LogP contribution < -0.4 is 5.56 Å². The number of carboxylic acid groups (broad SMARTS) is 1. The van der Waals surface area contributed by atoms with E-state index in [1.165, 1.54) is 17.1 Å². The number of nitrogens with zero attached hydrogens (tertiary/aromatic N) is 2. The zero-order chi connectivity index (χ0) is 26.1. The molecule has 5 rings (SSSR count). The number of aliphatic carboxylic acids is 1. The Labute approximate surface area is 219 Å². The second kappa shape index (κ2) is 10.1. The number of hydrogen-bond acceptors (Lipinski definition) is 4. The largest absolute Gasteiger partial charge is 0.481 e. The molecular weight excluding hydrogens is 541 g/mol. The summed E-state index contributed by atoms with van der Waals surface area (Å²) in [5.74, 6) is -2.10. The zero-order valence-electron chi connectivity index (χ0n) is 19.4. The van der Waals surface area contributed by atoms with Crippen molar-refractivity contribution in [2.24, 2.45) is 5.10 Å². The molecule has 9 heteroatoms. The van der Waals surface area contributed by atoms with Crippen LogP contribution in [0.25, 0.3) is 22.0 Å². The lowest BCUT2D eigenvalue weighted by molar-refractivity contribution is -0.141. The van der Waals surface area contributed by atoms with Crippen LogP contribution in [0.3, 0.4) is 0 Å². The number of carbonyl (C=O) groups is 2. The molecule has 1 aliphatic heterocycles. The minimum Gasteiger partial charge on any atom is -0.481 e. The standard InChI is InChI=1S/C28H21BrFN3O4/c29-18-9-10-21-20(14-18)26(16-5-2-1-3-6-16)27(28(37)31-21)22-15-23(17-7-4-8-19(30)13-17)33(32-22)24(34)11-12-25(35)36/h1-10,13-14,23H,11-12,15H2,(H,31,37)(H,35,36)/t23-/m1/s1. The van der Waals surface area contributed by atoms with Crippen LogP contribution in [0.5, 0.6) is 0 Å². The fourth-order valence-electron chi connectivity index (χ4n) is 4.64. The molecule has 2 heterocycles. The number of hydrazone groups is 1. The molecule has 0 saturated carbocycles. The Morgan fingerprint density at radius 2 is 1.81 bits per heavy atom. The molecule has 1 aromatic heterocycles. The SMILES string of the molecule is O=C(O)CCC(=O)N1N=C(c2c(-c3ccccc3)c3cc(Br)ccc3[nH]c2=O)C[C@@H]1c1cccc(F)c1. The number of hydrogen-bond donors (Lipinski definition) is 2. The summed E-state index contributed by atoms with van der Waals surface area (Å²) in [6.07, 6.45) is -0.481. The van der Waals surface area contributed by atoms with Crippen LogP contribution in [-0.4, -0.2) is 32.7 Å². The van der Waals surface area contributed by atoms with Gasteiger partial charge in [0, 0.05) is 33.8 Å². The highest BCUT2D eigenvalue weighted by Crippen LogP contribution is 2.37. The molecule has 186 valence electrons. The normalized spacial score (nSPS) is 15.1. The third-order valence-electron chi connectivity index (χ3n) is 6.28. The lowest BCUT2D eigenvalue weighted by atomic mass is 9.91. The Morgan fingerprint density at radius 3 is 2.54 bits per heavy atom. The van der Waals surface area contributed by atoms with Gasteiger partial charge in [-0.25, -0.2) is 9.40 Å². The van der Waals surface area contributed by atoms with E-state index in [1.54, 1.807) is 12.1 Å². The third-order valence-corrected chi connectivity index (χ3v) is 6.77. The number of halogens is 2. The van der Waals surface area contributed by atoms with Crippen LogP contribution in [-0.2, 0) is 9.59 Å². The summed E-state index contributed by atoms with van der Waals surface area (Å²) in [4.78, 5) is 40.6. The minimum absolute atomic E-state index is 0.157. The van der Waals surface area contributed by atoms with Crippen molar-refractivity contribution in [2.75, 3.05) is 0 Å². The first-order chi connectivity index (χ1) is 17.8.